The van der Waals surface area contributed by atoms with Crippen LogP contribution in [-0.2, 0) is 0 Å². The molecule has 0 fully saturated rings. The lowest BCUT2D eigenvalue weighted by molar-refractivity contribution is -0.384. The van der Waals surface area contributed by atoms with Crippen molar-refractivity contribution in [2.45, 2.75) is 0 Å². The van der Waals surface area contributed by atoms with Crippen molar-refractivity contribution in [2.24, 2.45) is 5.10 Å². The number of nitrogens with one attached hydrogen (secondary N) is 3. The second-order valence-corrected chi connectivity index (χ2v) is 8.18. The van der Waals surface area contributed by atoms with Gasteiger partial charge in [0.25, 0.3) is 5.69 Å². The summed E-state index contributed by atoms with van der Waals surface area (Å²) in [6, 6.07) is 15.5. The number of nitro benzene ring substituents is 1. The molecule has 37 heavy (non-hydrogen) atoms. The summed E-state index contributed by atoms with van der Waals surface area (Å²) in [5.41, 5.74) is 4.15. The Balaban J connectivity index is 1.59. The zero-order valence-electron chi connectivity index (χ0n) is 19.1. The number of non-ortho nitro benzene ring substituents is 1. The van der Waals surface area contributed by atoms with Crippen molar-refractivity contribution >= 4 is 57.1 Å². The van der Waals surface area contributed by atoms with E-state index in [1.54, 1.807) is 31.4 Å². The second kappa shape index (κ2) is 11.2. The predicted octanol–water partition coefficient (Wildman–Crippen LogP) is 4.90. The Morgan fingerprint density at radius 1 is 0.919 bits per heavy atom. The number of methoxy groups -OCH3 is 1. The monoisotopic (exact) mass is 566 g/mol. The number of phenols is 2. The van der Waals surface area contributed by atoms with Gasteiger partial charge in [0, 0.05) is 35.1 Å². The first-order valence-electron chi connectivity index (χ1n) is 10.5. The molecule has 0 aliphatic heterocycles. The van der Waals surface area contributed by atoms with Crippen LogP contribution < -0.4 is 20.8 Å². The molecule has 0 atom stereocenters. The fourth-order valence-electron chi connectivity index (χ4n) is 2.97. The lowest BCUT2D eigenvalue weighted by Crippen LogP contribution is -2.07. The second-order valence-electron chi connectivity index (χ2n) is 7.32. The van der Waals surface area contributed by atoms with E-state index in [2.05, 4.69) is 52.0 Å². The first kappa shape index (κ1) is 25.1. The largest absolute Gasteiger partial charge is 0.507 e. The maximum Gasteiger partial charge on any atom is 0.269 e. The third-order valence-electron chi connectivity index (χ3n) is 4.78. The van der Waals surface area contributed by atoms with Gasteiger partial charge in [0.15, 0.2) is 0 Å². The Morgan fingerprint density at radius 2 is 1.49 bits per heavy atom. The molecule has 5 N–H and O–H groups in total. The highest BCUT2D eigenvalue weighted by molar-refractivity contribution is 9.10. The molecule has 3 aromatic carbocycles. The molecule has 0 bridgehead atoms. The molecule has 14 heteroatoms. The van der Waals surface area contributed by atoms with E-state index in [4.69, 9.17) is 4.74 Å². The molecular formula is C23H19BrN8O5. The van der Waals surface area contributed by atoms with Crippen LogP contribution in [0.1, 0.15) is 5.56 Å². The molecule has 188 valence electrons. The Kier molecular flexibility index (Phi) is 7.59. The molecule has 0 saturated heterocycles. The number of nitro groups is 1. The summed E-state index contributed by atoms with van der Waals surface area (Å²) in [4.78, 5) is 23.4. The number of hydrogen-bond acceptors (Lipinski definition) is 12. The van der Waals surface area contributed by atoms with Crippen LogP contribution in [0.25, 0.3) is 0 Å². The van der Waals surface area contributed by atoms with Gasteiger partial charge in [-0.05, 0) is 58.4 Å². The van der Waals surface area contributed by atoms with Crippen molar-refractivity contribution in [1.82, 2.24) is 15.0 Å². The molecule has 1 heterocycles. The lowest BCUT2D eigenvalue weighted by Gasteiger charge is -2.10. The predicted molar refractivity (Wildman–Crippen MR) is 141 cm³/mol. The molecule has 1 aromatic heterocycles. The van der Waals surface area contributed by atoms with Crippen LogP contribution in [-0.4, -0.2) is 43.4 Å². The molecule has 0 unspecified atom stereocenters. The number of aromatic hydroxyl groups is 2. The zero-order valence-corrected chi connectivity index (χ0v) is 20.7. The highest BCUT2D eigenvalue weighted by atomic mass is 79.9. The smallest absolute Gasteiger partial charge is 0.269 e. The van der Waals surface area contributed by atoms with Crippen molar-refractivity contribution < 1.29 is 19.9 Å². The fourth-order valence-corrected chi connectivity index (χ4v) is 3.33. The van der Waals surface area contributed by atoms with Gasteiger partial charge >= 0.3 is 0 Å². The van der Waals surface area contributed by atoms with Gasteiger partial charge in [-0.3, -0.25) is 10.1 Å². The van der Waals surface area contributed by atoms with Crippen LogP contribution >= 0.6 is 15.9 Å². The molecule has 13 nitrogen and oxygen atoms in total. The molecule has 4 aromatic rings. The number of rotatable bonds is 9. The SMILES string of the molecule is COc1ccc(Nc2nc(N/N=C/c3cc(Br)c(O)cc3O)nc(Nc3ccc([N+](=O)[O-])cc3)n2)cc1. The summed E-state index contributed by atoms with van der Waals surface area (Å²) in [6.07, 6.45) is 1.32. The topological polar surface area (TPSA) is 180 Å². The number of aromatic nitrogens is 3. The van der Waals surface area contributed by atoms with Gasteiger partial charge in [-0.2, -0.15) is 20.1 Å². The van der Waals surface area contributed by atoms with Crippen LogP contribution in [0.4, 0.5) is 34.9 Å². The van der Waals surface area contributed by atoms with Gasteiger partial charge < -0.3 is 25.6 Å². The molecule has 0 radical (unpaired) electrons. The van der Waals surface area contributed by atoms with E-state index in [-0.39, 0.29) is 35.0 Å². The third kappa shape index (κ3) is 6.58. The minimum Gasteiger partial charge on any atom is -0.507 e. The van der Waals surface area contributed by atoms with Crippen molar-refractivity contribution in [3.05, 3.63) is 80.8 Å². The van der Waals surface area contributed by atoms with Gasteiger partial charge in [-0.1, -0.05) is 0 Å². The van der Waals surface area contributed by atoms with Gasteiger partial charge in [-0.15, -0.1) is 0 Å². The maximum absolute atomic E-state index is 10.9. The number of hydrogen-bond donors (Lipinski definition) is 5. The number of anilines is 5. The summed E-state index contributed by atoms with van der Waals surface area (Å²) in [5, 5.41) is 40.7. The van der Waals surface area contributed by atoms with E-state index in [0.717, 1.165) is 0 Å². The molecule has 0 amide bonds. The van der Waals surface area contributed by atoms with Crippen molar-refractivity contribution in [3.8, 4) is 17.2 Å². The molecule has 0 saturated carbocycles. The van der Waals surface area contributed by atoms with E-state index in [9.17, 15) is 20.3 Å². The average molecular weight is 567 g/mol. The molecule has 0 aliphatic carbocycles. The summed E-state index contributed by atoms with van der Waals surface area (Å²) in [5.74, 6) is 0.761. The Labute approximate surface area is 218 Å². The van der Waals surface area contributed by atoms with Crippen molar-refractivity contribution in [1.29, 1.82) is 0 Å². The van der Waals surface area contributed by atoms with E-state index in [1.807, 2.05) is 0 Å². The van der Waals surface area contributed by atoms with Crippen LogP contribution in [0.15, 0.2) is 70.2 Å². The van der Waals surface area contributed by atoms with Gasteiger partial charge in [-0.25, -0.2) is 5.43 Å². The number of benzene rings is 3. The number of halogens is 1. The van der Waals surface area contributed by atoms with Gasteiger partial charge in [0.2, 0.25) is 17.8 Å². The summed E-state index contributed by atoms with van der Waals surface area (Å²) >= 11 is 3.18. The Bertz CT molecular complexity index is 1450. The normalized spacial score (nSPS) is 10.8. The highest BCUT2D eigenvalue weighted by Gasteiger charge is 2.10. The number of nitrogens with zero attached hydrogens (tertiary/aromatic N) is 5. The molecular weight excluding hydrogens is 548 g/mol. The summed E-state index contributed by atoms with van der Waals surface area (Å²) in [6.45, 7) is 0. The van der Waals surface area contributed by atoms with Gasteiger partial charge in [0.05, 0.1) is 22.7 Å². The van der Waals surface area contributed by atoms with E-state index >= 15 is 0 Å². The zero-order chi connectivity index (χ0) is 26.4. The van der Waals surface area contributed by atoms with E-state index in [0.29, 0.717) is 27.2 Å². The lowest BCUT2D eigenvalue weighted by atomic mass is 10.2. The quantitative estimate of drug-likeness (QED) is 0.106. The molecule has 0 aliphatic rings. The van der Waals surface area contributed by atoms with Crippen LogP contribution in [0, 0.1) is 10.1 Å². The number of phenolic OH excluding ortho intramolecular Hbond substituents is 2. The average Bonchev–Trinajstić information content (AvgIpc) is 2.88. The minimum atomic E-state index is -0.492. The Morgan fingerprint density at radius 3 is 2.05 bits per heavy atom. The Hall–Kier alpha value is -4.98. The summed E-state index contributed by atoms with van der Waals surface area (Å²) < 4.78 is 5.55. The summed E-state index contributed by atoms with van der Waals surface area (Å²) in [7, 11) is 1.57. The van der Waals surface area contributed by atoms with Crippen molar-refractivity contribution in [3.63, 3.8) is 0 Å². The molecule has 4 rings (SSSR count). The van der Waals surface area contributed by atoms with Crippen LogP contribution in [0.2, 0.25) is 0 Å². The number of ether oxygens (including phenoxy) is 1. The fraction of sp³-hybridized carbons (Fsp3) is 0.0435. The van der Waals surface area contributed by atoms with E-state index in [1.165, 1.54) is 42.6 Å². The van der Waals surface area contributed by atoms with Crippen molar-refractivity contribution in [2.75, 3.05) is 23.2 Å². The molecule has 0 spiro atoms. The van der Waals surface area contributed by atoms with Crippen LogP contribution in [0.5, 0.6) is 17.2 Å². The van der Waals surface area contributed by atoms with Gasteiger partial charge in [0.1, 0.15) is 17.2 Å². The standard InChI is InChI=1S/C23H19BrN8O5/c1-37-17-8-4-15(5-9-17)27-22-28-21(26-14-2-6-16(7-3-14)32(35)36)29-23(30-22)31-25-12-13-10-18(24)20(34)11-19(13)33/h2-12,33-34H,1H3,(H3,26,27,28,29,30,31)/b25-12+. The third-order valence-corrected chi connectivity index (χ3v) is 5.42. The maximum atomic E-state index is 10.9. The highest BCUT2D eigenvalue weighted by Crippen LogP contribution is 2.30. The first-order chi connectivity index (χ1) is 17.8. The minimum absolute atomic E-state index is 0.0520. The number of hydrazone groups is 1. The van der Waals surface area contributed by atoms with Crippen LogP contribution in [0.3, 0.4) is 0 Å². The first-order valence-corrected chi connectivity index (χ1v) is 11.3. The van der Waals surface area contributed by atoms with E-state index < -0.39 is 4.92 Å².